The van der Waals surface area contributed by atoms with Gasteiger partial charge in [-0.3, -0.25) is 4.99 Å². The first-order chi connectivity index (χ1) is 8.85. The molecular weight excluding hydrogens is 228 g/mol. The van der Waals surface area contributed by atoms with Crippen molar-refractivity contribution in [1.82, 2.24) is 25.4 Å². The summed E-state index contributed by atoms with van der Waals surface area (Å²) >= 11 is 0. The number of nitrogens with one attached hydrogen (secondary N) is 2. The standard InChI is InChI=1S/C12H20N6/c1-3-7-14-12(13-2)15-9-11-17-16-10-6-4-5-8-18(10)11/h3H,1,4-9H2,2H3,(H2,13,14,15). The topological polar surface area (TPSA) is 67.1 Å². The van der Waals surface area contributed by atoms with E-state index in [4.69, 9.17) is 0 Å². The van der Waals surface area contributed by atoms with Gasteiger partial charge in [0.15, 0.2) is 11.8 Å². The van der Waals surface area contributed by atoms with Gasteiger partial charge in [-0.1, -0.05) is 6.08 Å². The minimum Gasteiger partial charge on any atom is -0.353 e. The molecule has 2 N–H and O–H groups in total. The normalized spacial score (nSPS) is 15.1. The molecule has 98 valence electrons. The molecule has 2 rings (SSSR count). The smallest absolute Gasteiger partial charge is 0.191 e. The number of aromatic nitrogens is 3. The number of hydrogen-bond donors (Lipinski definition) is 2. The first-order valence-electron chi connectivity index (χ1n) is 6.31. The Morgan fingerprint density at radius 1 is 1.44 bits per heavy atom. The summed E-state index contributed by atoms with van der Waals surface area (Å²) in [6, 6.07) is 0. The van der Waals surface area contributed by atoms with Crippen LogP contribution in [-0.4, -0.2) is 34.3 Å². The largest absolute Gasteiger partial charge is 0.353 e. The highest BCUT2D eigenvalue weighted by molar-refractivity contribution is 5.79. The van der Waals surface area contributed by atoms with Gasteiger partial charge in [0.05, 0.1) is 6.54 Å². The van der Waals surface area contributed by atoms with Crippen molar-refractivity contribution in [1.29, 1.82) is 0 Å². The Kier molecular flexibility index (Phi) is 4.33. The van der Waals surface area contributed by atoms with Crippen molar-refractivity contribution in [3.05, 3.63) is 24.3 Å². The van der Waals surface area contributed by atoms with Crippen molar-refractivity contribution in [2.24, 2.45) is 4.99 Å². The molecule has 0 amide bonds. The Balaban J connectivity index is 1.93. The van der Waals surface area contributed by atoms with Gasteiger partial charge in [-0.25, -0.2) is 0 Å². The molecule has 0 fully saturated rings. The van der Waals surface area contributed by atoms with Crippen LogP contribution in [0.3, 0.4) is 0 Å². The number of guanidine groups is 1. The van der Waals surface area contributed by atoms with Crippen molar-refractivity contribution in [3.8, 4) is 0 Å². The molecule has 0 saturated heterocycles. The quantitative estimate of drug-likeness (QED) is 0.462. The van der Waals surface area contributed by atoms with E-state index in [-0.39, 0.29) is 0 Å². The van der Waals surface area contributed by atoms with Crippen LogP contribution in [0.1, 0.15) is 24.5 Å². The summed E-state index contributed by atoms with van der Waals surface area (Å²) in [7, 11) is 1.75. The van der Waals surface area contributed by atoms with E-state index in [1.165, 1.54) is 12.8 Å². The van der Waals surface area contributed by atoms with Crippen LogP contribution < -0.4 is 10.6 Å². The van der Waals surface area contributed by atoms with Gasteiger partial charge in [0.25, 0.3) is 0 Å². The van der Waals surface area contributed by atoms with Crippen molar-refractivity contribution in [2.75, 3.05) is 13.6 Å². The Hall–Kier alpha value is -1.85. The number of hydrogen-bond acceptors (Lipinski definition) is 3. The lowest BCUT2D eigenvalue weighted by atomic mass is 10.2. The summed E-state index contributed by atoms with van der Waals surface area (Å²) in [6.07, 6.45) is 5.26. The average molecular weight is 248 g/mol. The second kappa shape index (κ2) is 6.18. The summed E-state index contributed by atoms with van der Waals surface area (Å²) in [5.41, 5.74) is 0. The maximum absolute atomic E-state index is 4.23. The molecule has 1 aromatic heterocycles. The van der Waals surface area contributed by atoms with Crippen LogP contribution in [-0.2, 0) is 19.5 Å². The van der Waals surface area contributed by atoms with Gasteiger partial charge in [0.2, 0.25) is 0 Å². The first kappa shape index (κ1) is 12.6. The molecule has 0 unspecified atom stereocenters. The molecule has 18 heavy (non-hydrogen) atoms. The van der Waals surface area contributed by atoms with Crippen LogP contribution in [0.15, 0.2) is 17.6 Å². The van der Waals surface area contributed by atoms with E-state index in [0.717, 1.165) is 30.6 Å². The summed E-state index contributed by atoms with van der Waals surface area (Å²) in [6.45, 7) is 6.02. The summed E-state index contributed by atoms with van der Waals surface area (Å²) in [4.78, 5) is 4.13. The van der Waals surface area contributed by atoms with E-state index < -0.39 is 0 Å². The second-order valence-corrected chi connectivity index (χ2v) is 4.24. The van der Waals surface area contributed by atoms with E-state index in [2.05, 4.69) is 37.0 Å². The molecule has 1 aliphatic heterocycles. The molecule has 0 aliphatic carbocycles. The predicted molar refractivity (Wildman–Crippen MR) is 71.4 cm³/mol. The SMILES string of the molecule is C=CCNC(=NC)NCc1nnc2n1CCCC2. The average Bonchev–Trinajstić information content (AvgIpc) is 2.82. The van der Waals surface area contributed by atoms with Crippen LogP contribution in [0.25, 0.3) is 0 Å². The molecule has 0 bridgehead atoms. The maximum Gasteiger partial charge on any atom is 0.191 e. The van der Waals surface area contributed by atoms with E-state index >= 15 is 0 Å². The molecule has 0 aromatic carbocycles. The lowest BCUT2D eigenvalue weighted by molar-refractivity contribution is 0.504. The van der Waals surface area contributed by atoms with Gasteiger partial charge in [0, 0.05) is 26.6 Å². The molecule has 2 heterocycles. The van der Waals surface area contributed by atoms with Crippen LogP contribution in [0.4, 0.5) is 0 Å². The summed E-state index contributed by atoms with van der Waals surface area (Å²) < 4.78 is 2.21. The molecule has 0 spiro atoms. The van der Waals surface area contributed by atoms with Crippen molar-refractivity contribution < 1.29 is 0 Å². The van der Waals surface area contributed by atoms with E-state index in [9.17, 15) is 0 Å². The van der Waals surface area contributed by atoms with Crippen molar-refractivity contribution >= 4 is 5.96 Å². The number of aryl methyl sites for hydroxylation is 1. The molecule has 1 aromatic rings. The van der Waals surface area contributed by atoms with Gasteiger partial charge in [0.1, 0.15) is 5.82 Å². The van der Waals surface area contributed by atoms with E-state index in [0.29, 0.717) is 13.1 Å². The minimum atomic E-state index is 0.643. The molecule has 6 heteroatoms. The molecule has 1 aliphatic rings. The fourth-order valence-electron chi connectivity index (χ4n) is 2.05. The third-order valence-corrected chi connectivity index (χ3v) is 2.99. The number of fused-ring (bicyclic) bond motifs is 1. The van der Waals surface area contributed by atoms with Gasteiger partial charge in [-0.05, 0) is 12.8 Å². The number of nitrogens with zero attached hydrogens (tertiary/aromatic N) is 4. The van der Waals surface area contributed by atoms with E-state index in [1.807, 2.05) is 0 Å². The fourth-order valence-corrected chi connectivity index (χ4v) is 2.05. The Morgan fingerprint density at radius 2 is 2.33 bits per heavy atom. The fraction of sp³-hybridized carbons (Fsp3) is 0.583. The molecule has 6 nitrogen and oxygen atoms in total. The predicted octanol–water partition coefficient (Wildman–Crippen LogP) is 0.465. The highest BCUT2D eigenvalue weighted by Gasteiger charge is 2.15. The third kappa shape index (κ3) is 2.88. The molecule has 0 atom stereocenters. The van der Waals surface area contributed by atoms with Gasteiger partial charge in [-0.15, -0.1) is 16.8 Å². The van der Waals surface area contributed by atoms with Gasteiger partial charge >= 0.3 is 0 Å². The zero-order valence-electron chi connectivity index (χ0n) is 10.8. The molecule has 0 saturated carbocycles. The highest BCUT2D eigenvalue weighted by Crippen LogP contribution is 2.13. The second-order valence-electron chi connectivity index (χ2n) is 4.24. The van der Waals surface area contributed by atoms with Crippen LogP contribution in [0.5, 0.6) is 0 Å². The third-order valence-electron chi connectivity index (χ3n) is 2.99. The van der Waals surface area contributed by atoms with Crippen molar-refractivity contribution in [3.63, 3.8) is 0 Å². The van der Waals surface area contributed by atoms with Gasteiger partial charge in [-0.2, -0.15) is 0 Å². The van der Waals surface area contributed by atoms with E-state index in [1.54, 1.807) is 13.1 Å². The zero-order valence-corrected chi connectivity index (χ0v) is 10.8. The first-order valence-corrected chi connectivity index (χ1v) is 6.31. The Morgan fingerprint density at radius 3 is 3.11 bits per heavy atom. The summed E-state index contributed by atoms with van der Waals surface area (Å²) in [5, 5.41) is 14.8. The van der Waals surface area contributed by atoms with Crippen LogP contribution in [0, 0.1) is 0 Å². The monoisotopic (exact) mass is 248 g/mol. The number of aliphatic imine (C=N–C) groups is 1. The molecular formula is C12H20N6. The lowest BCUT2D eigenvalue weighted by Gasteiger charge is -2.15. The Labute approximate surface area is 107 Å². The molecule has 0 radical (unpaired) electrons. The van der Waals surface area contributed by atoms with Crippen LogP contribution in [0.2, 0.25) is 0 Å². The van der Waals surface area contributed by atoms with Crippen LogP contribution >= 0.6 is 0 Å². The van der Waals surface area contributed by atoms with Gasteiger partial charge < -0.3 is 15.2 Å². The minimum absolute atomic E-state index is 0.643. The summed E-state index contributed by atoms with van der Waals surface area (Å²) in [5.74, 6) is 2.83. The zero-order chi connectivity index (χ0) is 12.8. The van der Waals surface area contributed by atoms with Crippen molar-refractivity contribution in [2.45, 2.75) is 32.4 Å². The number of rotatable bonds is 4. The maximum atomic E-state index is 4.23. The highest BCUT2D eigenvalue weighted by atomic mass is 15.3. The lowest BCUT2D eigenvalue weighted by Crippen LogP contribution is -2.37. The Bertz CT molecular complexity index is 434.